The first-order valence-electron chi connectivity index (χ1n) is 4.64. The van der Waals surface area contributed by atoms with Gasteiger partial charge in [-0.15, -0.1) is 11.3 Å². The Kier molecular flexibility index (Phi) is 3.01. The molecule has 0 atom stereocenters. The summed E-state index contributed by atoms with van der Waals surface area (Å²) in [5, 5.41) is 1.74. The van der Waals surface area contributed by atoms with Crippen molar-refractivity contribution in [1.29, 1.82) is 0 Å². The van der Waals surface area contributed by atoms with Gasteiger partial charge in [0.1, 0.15) is 10.7 Å². The van der Waals surface area contributed by atoms with E-state index in [1.54, 1.807) is 29.6 Å². The summed E-state index contributed by atoms with van der Waals surface area (Å²) in [6.45, 7) is 0. The molecule has 4 heteroatoms. The number of esters is 1. The first-order valence-corrected chi connectivity index (χ1v) is 5.52. The van der Waals surface area contributed by atoms with E-state index in [9.17, 15) is 9.18 Å². The van der Waals surface area contributed by atoms with Gasteiger partial charge >= 0.3 is 5.97 Å². The monoisotopic (exact) mass is 236 g/mol. The zero-order valence-corrected chi connectivity index (χ0v) is 9.38. The molecule has 0 spiro atoms. The Bertz CT molecular complexity index is 519. The van der Waals surface area contributed by atoms with E-state index in [1.165, 1.54) is 24.5 Å². The second-order valence-corrected chi connectivity index (χ2v) is 4.08. The Balaban J connectivity index is 2.39. The highest BCUT2D eigenvalue weighted by molar-refractivity contribution is 7.12. The summed E-state index contributed by atoms with van der Waals surface area (Å²) >= 11 is 1.24. The first-order chi connectivity index (χ1) is 7.72. The molecule has 1 heterocycles. The van der Waals surface area contributed by atoms with Gasteiger partial charge in [-0.2, -0.15) is 0 Å². The van der Waals surface area contributed by atoms with Crippen LogP contribution >= 0.6 is 11.3 Å². The fraction of sp³-hybridized carbons (Fsp3) is 0.0833. The molecule has 0 saturated carbocycles. The molecule has 0 aliphatic carbocycles. The van der Waals surface area contributed by atoms with Crippen LogP contribution in [0, 0.1) is 5.82 Å². The second-order valence-electron chi connectivity index (χ2n) is 3.17. The fourth-order valence-electron chi connectivity index (χ4n) is 1.38. The number of benzene rings is 1. The molecule has 0 unspecified atom stereocenters. The third kappa shape index (κ3) is 1.97. The van der Waals surface area contributed by atoms with E-state index in [-0.39, 0.29) is 5.82 Å². The largest absolute Gasteiger partial charge is 0.465 e. The van der Waals surface area contributed by atoms with Crippen LogP contribution in [0.25, 0.3) is 11.1 Å². The van der Waals surface area contributed by atoms with E-state index in [0.717, 1.165) is 0 Å². The standard InChI is InChI=1S/C12H9FO2S/c1-15-12(14)11-6-8(7-16-11)9-4-2-3-5-10(9)13/h2-7H,1H3. The second kappa shape index (κ2) is 4.45. The van der Waals surface area contributed by atoms with Crippen LogP contribution in [-0.2, 0) is 4.74 Å². The average Bonchev–Trinajstić information content (AvgIpc) is 2.78. The van der Waals surface area contributed by atoms with Gasteiger partial charge in [0.15, 0.2) is 0 Å². The van der Waals surface area contributed by atoms with Gasteiger partial charge in [0.05, 0.1) is 7.11 Å². The van der Waals surface area contributed by atoms with Crippen molar-refractivity contribution in [2.24, 2.45) is 0 Å². The Morgan fingerprint density at radius 1 is 1.38 bits per heavy atom. The van der Waals surface area contributed by atoms with Crippen molar-refractivity contribution in [1.82, 2.24) is 0 Å². The lowest BCUT2D eigenvalue weighted by Crippen LogP contribution is -1.96. The van der Waals surface area contributed by atoms with Gasteiger partial charge < -0.3 is 4.74 Å². The van der Waals surface area contributed by atoms with Gasteiger partial charge in [-0.05, 0) is 23.1 Å². The number of ether oxygens (including phenoxy) is 1. The van der Waals surface area contributed by atoms with Crippen LogP contribution < -0.4 is 0 Å². The number of rotatable bonds is 2. The molecule has 16 heavy (non-hydrogen) atoms. The molecular weight excluding hydrogens is 227 g/mol. The smallest absolute Gasteiger partial charge is 0.348 e. The van der Waals surface area contributed by atoms with Crippen LogP contribution in [0.15, 0.2) is 35.7 Å². The van der Waals surface area contributed by atoms with Crippen LogP contribution in [0.1, 0.15) is 9.67 Å². The maximum atomic E-state index is 13.5. The maximum Gasteiger partial charge on any atom is 0.348 e. The molecule has 1 aromatic carbocycles. The minimum absolute atomic E-state index is 0.295. The van der Waals surface area contributed by atoms with Gasteiger partial charge in [-0.3, -0.25) is 0 Å². The van der Waals surface area contributed by atoms with Gasteiger partial charge in [-0.1, -0.05) is 18.2 Å². The molecular formula is C12H9FO2S. The van der Waals surface area contributed by atoms with E-state index in [4.69, 9.17) is 0 Å². The lowest BCUT2D eigenvalue weighted by molar-refractivity contribution is 0.0606. The predicted molar refractivity (Wildman–Crippen MR) is 61.1 cm³/mol. The van der Waals surface area contributed by atoms with Crippen LogP contribution in [0.5, 0.6) is 0 Å². The van der Waals surface area contributed by atoms with Gasteiger partial charge in [-0.25, -0.2) is 9.18 Å². The number of hydrogen-bond donors (Lipinski definition) is 0. The van der Waals surface area contributed by atoms with E-state index in [0.29, 0.717) is 16.0 Å². The van der Waals surface area contributed by atoms with Crippen LogP contribution in [0.3, 0.4) is 0 Å². The van der Waals surface area contributed by atoms with Gasteiger partial charge in [0, 0.05) is 5.56 Å². The molecule has 0 saturated heterocycles. The third-order valence-electron chi connectivity index (χ3n) is 2.17. The predicted octanol–water partition coefficient (Wildman–Crippen LogP) is 3.34. The number of carbonyl (C=O) groups excluding carboxylic acids is 1. The highest BCUT2D eigenvalue weighted by atomic mass is 32.1. The van der Waals surface area contributed by atoms with Crippen LogP contribution in [-0.4, -0.2) is 13.1 Å². The molecule has 0 N–H and O–H groups in total. The average molecular weight is 236 g/mol. The topological polar surface area (TPSA) is 26.3 Å². The molecule has 82 valence electrons. The Morgan fingerprint density at radius 3 is 2.81 bits per heavy atom. The molecule has 2 rings (SSSR count). The van der Waals surface area contributed by atoms with E-state index in [1.807, 2.05) is 0 Å². The molecule has 0 radical (unpaired) electrons. The summed E-state index contributed by atoms with van der Waals surface area (Å²) in [6, 6.07) is 8.10. The summed E-state index contributed by atoms with van der Waals surface area (Å²) < 4.78 is 18.0. The van der Waals surface area contributed by atoms with Crippen molar-refractivity contribution in [3.63, 3.8) is 0 Å². The van der Waals surface area contributed by atoms with Crippen molar-refractivity contribution in [2.45, 2.75) is 0 Å². The molecule has 0 fully saturated rings. The number of methoxy groups -OCH3 is 1. The number of halogens is 1. The molecule has 0 amide bonds. The minimum atomic E-state index is -0.396. The normalized spacial score (nSPS) is 10.1. The maximum absolute atomic E-state index is 13.5. The van der Waals surface area contributed by atoms with Gasteiger partial charge in [0.25, 0.3) is 0 Å². The van der Waals surface area contributed by atoms with Crippen molar-refractivity contribution in [2.75, 3.05) is 7.11 Å². The zero-order chi connectivity index (χ0) is 11.5. The quantitative estimate of drug-likeness (QED) is 0.747. The molecule has 0 aliphatic rings. The van der Waals surface area contributed by atoms with Crippen molar-refractivity contribution >= 4 is 17.3 Å². The lowest BCUT2D eigenvalue weighted by atomic mass is 10.1. The number of hydrogen-bond acceptors (Lipinski definition) is 3. The van der Waals surface area contributed by atoms with Gasteiger partial charge in [0.2, 0.25) is 0 Å². The van der Waals surface area contributed by atoms with Crippen molar-refractivity contribution in [3.05, 3.63) is 46.4 Å². The first kappa shape index (κ1) is 10.8. The summed E-state index contributed by atoms with van der Waals surface area (Å²) in [5.74, 6) is -0.690. The minimum Gasteiger partial charge on any atom is -0.465 e. The summed E-state index contributed by atoms with van der Waals surface area (Å²) in [7, 11) is 1.32. The molecule has 1 aromatic heterocycles. The van der Waals surface area contributed by atoms with Crippen LogP contribution in [0.2, 0.25) is 0 Å². The van der Waals surface area contributed by atoms with Crippen molar-refractivity contribution in [3.8, 4) is 11.1 Å². The fourth-order valence-corrected chi connectivity index (χ4v) is 2.20. The highest BCUT2D eigenvalue weighted by Gasteiger charge is 2.11. The molecule has 2 aromatic rings. The van der Waals surface area contributed by atoms with Crippen molar-refractivity contribution < 1.29 is 13.9 Å². The zero-order valence-electron chi connectivity index (χ0n) is 8.57. The summed E-state index contributed by atoms with van der Waals surface area (Å²) in [5.41, 5.74) is 1.19. The number of carbonyl (C=O) groups is 1. The molecule has 0 aliphatic heterocycles. The van der Waals surface area contributed by atoms with Crippen LogP contribution in [0.4, 0.5) is 4.39 Å². The molecule has 2 nitrogen and oxygen atoms in total. The van der Waals surface area contributed by atoms with E-state index >= 15 is 0 Å². The lowest BCUT2D eigenvalue weighted by Gasteiger charge is -1.98. The molecule has 0 bridgehead atoms. The third-order valence-corrected chi connectivity index (χ3v) is 3.08. The van der Waals surface area contributed by atoms with E-state index < -0.39 is 5.97 Å². The summed E-state index contributed by atoms with van der Waals surface area (Å²) in [4.78, 5) is 11.7. The van der Waals surface area contributed by atoms with E-state index in [2.05, 4.69) is 4.74 Å². The Morgan fingerprint density at radius 2 is 2.12 bits per heavy atom. The number of thiophene rings is 1. The summed E-state index contributed by atoms with van der Waals surface area (Å²) in [6.07, 6.45) is 0. The SMILES string of the molecule is COC(=O)c1cc(-c2ccccc2F)cs1. The highest BCUT2D eigenvalue weighted by Crippen LogP contribution is 2.27. The Labute approximate surface area is 96.3 Å². The Hall–Kier alpha value is -1.68.